The van der Waals surface area contributed by atoms with Gasteiger partial charge in [-0.25, -0.2) is 13.8 Å². The van der Waals surface area contributed by atoms with Gasteiger partial charge in [-0.05, 0) is 49.4 Å². The Labute approximate surface area is 161 Å². The second-order valence-electron chi connectivity index (χ2n) is 5.14. The quantitative estimate of drug-likeness (QED) is 0.534. The fourth-order valence-electron chi connectivity index (χ4n) is 2.05. The molecule has 0 heterocycles. The van der Waals surface area contributed by atoms with Crippen molar-refractivity contribution in [1.82, 2.24) is 5.43 Å². The van der Waals surface area contributed by atoms with Crippen molar-refractivity contribution in [3.63, 3.8) is 0 Å². The molecule has 0 atom stereocenters. The molecule has 1 amide bonds. The van der Waals surface area contributed by atoms with Gasteiger partial charge >= 0.3 is 0 Å². The molecule has 0 unspecified atom stereocenters. The maximum Gasteiger partial charge on any atom is 0.264 e. The first-order valence-corrected chi connectivity index (χ1v) is 9.95. The molecular formula is C18H18BrN3O3S. The third-order valence-corrected chi connectivity index (χ3v) is 5.59. The normalized spacial score (nSPS) is 11.8. The highest BCUT2D eigenvalue weighted by atomic mass is 79.9. The number of anilines is 1. The SMILES string of the molecule is C/C=C\C=NNC(=O)CN(c1ccc(Br)cc1)S(=O)(=O)c1ccccc1. The van der Waals surface area contributed by atoms with Crippen LogP contribution in [0.1, 0.15) is 6.92 Å². The Bertz CT molecular complexity index is 895. The Morgan fingerprint density at radius 1 is 1.15 bits per heavy atom. The molecule has 0 bridgehead atoms. The first kappa shape index (κ1) is 19.9. The standard InChI is InChI=1S/C18H18BrN3O3S/c1-2-3-13-20-21-18(23)14-22(16-11-9-15(19)10-12-16)26(24,25)17-7-5-4-6-8-17/h2-13H,14H2,1H3,(H,21,23)/b3-2-,20-13?. The summed E-state index contributed by atoms with van der Waals surface area (Å²) < 4.78 is 27.9. The molecule has 136 valence electrons. The first-order valence-electron chi connectivity index (χ1n) is 7.71. The molecule has 6 nitrogen and oxygen atoms in total. The number of sulfonamides is 1. The molecule has 0 spiro atoms. The van der Waals surface area contributed by atoms with Crippen molar-refractivity contribution in [2.24, 2.45) is 5.10 Å². The van der Waals surface area contributed by atoms with E-state index in [0.717, 1.165) is 8.78 Å². The van der Waals surface area contributed by atoms with Crippen molar-refractivity contribution in [3.05, 3.63) is 71.2 Å². The van der Waals surface area contributed by atoms with Gasteiger partial charge in [0, 0.05) is 10.7 Å². The lowest BCUT2D eigenvalue weighted by Gasteiger charge is -2.23. The Balaban J connectivity index is 2.34. The molecular weight excluding hydrogens is 418 g/mol. The molecule has 26 heavy (non-hydrogen) atoms. The number of hydrazone groups is 1. The van der Waals surface area contributed by atoms with Gasteiger partial charge in [0.1, 0.15) is 6.54 Å². The second kappa shape index (κ2) is 9.30. The largest absolute Gasteiger partial charge is 0.271 e. The van der Waals surface area contributed by atoms with Gasteiger partial charge in [0.25, 0.3) is 15.9 Å². The summed E-state index contributed by atoms with van der Waals surface area (Å²) in [5, 5.41) is 3.74. The number of hydrogen-bond donors (Lipinski definition) is 1. The van der Waals surface area contributed by atoms with Gasteiger partial charge < -0.3 is 0 Å². The molecule has 0 radical (unpaired) electrons. The number of nitrogens with zero attached hydrogens (tertiary/aromatic N) is 2. The predicted molar refractivity (Wildman–Crippen MR) is 107 cm³/mol. The summed E-state index contributed by atoms with van der Waals surface area (Å²) in [7, 11) is -3.91. The molecule has 0 fully saturated rings. The van der Waals surface area contributed by atoms with Crippen molar-refractivity contribution in [3.8, 4) is 0 Å². The van der Waals surface area contributed by atoms with Gasteiger partial charge in [-0.3, -0.25) is 9.10 Å². The Kier molecular flexibility index (Phi) is 7.11. The maximum atomic E-state index is 13.0. The topological polar surface area (TPSA) is 78.8 Å². The number of rotatable bonds is 7. The number of hydrogen-bond acceptors (Lipinski definition) is 4. The van der Waals surface area contributed by atoms with Crippen LogP contribution in [0, 0.1) is 0 Å². The lowest BCUT2D eigenvalue weighted by atomic mass is 10.3. The second-order valence-corrected chi connectivity index (χ2v) is 7.92. The monoisotopic (exact) mass is 435 g/mol. The summed E-state index contributed by atoms with van der Waals surface area (Å²) in [4.78, 5) is 12.3. The number of carbonyl (C=O) groups is 1. The van der Waals surface area contributed by atoms with Gasteiger partial charge in [-0.1, -0.05) is 40.2 Å². The van der Waals surface area contributed by atoms with Gasteiger partial charge in [-0.2, -0.15) is 5.10 Å². The highest BCUT2D eigenvalue weighted by Crippen LogP contribution is 2.25. The van der Waals surface area contributed by atoms with E-state index < -0.39 is 22.5 Å². The van der Waals surface area contributed by atoms with E-state index in [9.17, 15) is 13.2 Å². The zero-order valence-electron chi connectivity index (χ0n) is 14.0. The fraction of sp³-hybridized carbons (Fsp3) is 0.111. The lowest BCUT2D eigenvalue weighted by Crippen LogP contribution is -2.39. The molecule has 0 aromatic heterocycles. The molecule has 2 rings (SSSR count). The van der Waals surface area contributed by atoms with Crippen LogP contribution in [0.15, 0.2) is 81.2 Å². The average Bonchev–Trinajstić information content (AvgIpc) is 2.65. The van der Waals surface area contributed by atoms with Crippen LogP contribution in [0.25, 0.3) is 0 Å². The van der Waals surface area contributed by atoms with Gasteiger partial charge in [0.15, 0.2) is 0 Å². The predicted octanol–water partition coefficient (Wildman–Crippen LogP) is 3.32. The van der Waals surface area contributed by atoms with Crippen LogP contribution in [0.4, 0.5) is 5.69 Å². The molecule has 2 aromatic carbocycles. The number of carbonyl (C=O) groups excluding carboxylic acids is 1. The van der Waals surface area contributed by atoms with Crippen molar-refractivity contribution in [1.29, 1.82) is 0 Å². The minimum Gasteiger partial charge on any atom is -0.271 e. The molecule has 0 aliphatic carbocycles. The summed E-state index contributed by atoms with van der Waals surface area (Å²) in [5.41, 5.74) is 2.70. The summed E-state index contributed by atoms with van der Waals surface area (Å²) in [6.07, 6.45) is 4.81. The average molecular weight is 436 g/mol. The van der Waals surface area contributed by atoms with E-state index >= 15 is 0 Å². The van der Waals surface area contributed by atoms with E-state index in [0.29, 0.717) is 5.69 Å². The minimum atomic E-state index is -3.91. The summed E-state index contributed by atoms with van der Waals surface area (Å²) in [6.45, 7) is 1.42. The zero-order chi connectivity index (χ0) is 19.0. The van der Waals surface area contributed by atoms with E-state index in [4.69, 9.17) is 0 Å². The third-order valence-electron chi connectivity index (χ3n) is 3.28. The van der Waals surface area contributed by atoms with Crippen molar-refractivity contribution in [2.45, 2.75) is 11.8 Å². The number of amides is 1. The number of allylic oxidation sites excluding steroid dienone is 2. The molecule has 0 saturated heterocycles. The molecule has 0 saturated carbocycles. The number of benzene rings is 2. The maximum absolute atomic E-state index is 13.0. The van der Waals surface area contributed by atoms with Crippen LogP contribution in [0.5, 0.6) is 0 Å². The zero-order valence-corrected chi connectivity index (χ0v) is 16.4. The van der Waals surface area contributed by atoms with Gasteiger partial charge in [0.05, 0.1) is 10.6 Å². The first-order chi connectivity index (χ1) is 12.4. The number of halogens is 1. The van der Waals surface area contributed by atoms with Crippen molar-refractivity contribution < 1.29 is 13.2 Å². The van der Waals surface area contributed by atoms with Gasteiger partial charge in [-0.15, -0.1) is 0 Å². The van der Waals surface area contributed by atoms with E-state index in [-0.39, 0.29) is 4.90 Å². The molecule has 2 aromatic rings. The molecule has 8 heteroatoms. The minimum absolute atomic E-state index is 0.105. The lowest BCUT2D eigenvalue weighted by molar-refractivity contribution is -0.119. The van der Waals surface area contributed by atoms with Crippen LogP contribution in [-0.2, 0) is 14.8 Å². The third kappa shape index (κ3) is 5.27. The fourth-order valence-corrected chi connectivity index (χ4v) is 3.75. The highest BCUT2D eigenvalue weighted by molar-refractivity contribution is 9.10. The van der Waals surface area contributed by atoms with E-state index in [1.165, 1.54) is 18.3 Å². The molecule has 0 aliphatic heterocycles. The van der Waals surface area contributed by atoms with Crippen molar-refractivity contribution in [2.75, 3.05) is 10.8 Å². The molecule has 0 aliphatic rings. The summed E-state index contributed by atoms with van der Waals surface area (Å²) in [5.74, 6) is -0.548. The Hall–Kier alpha value is -2.45. The molecule has 1 N–H and O–H groups in total. The van der Waals surface area contributed by atoms with Crippen LogP contribution < -0.4 is 9.73 Å². The smallest absolute Gasteiger partial charge is 0.264 e. The van der Waals surface area contributed by atoms with Crippen molar-refractivity contribution >= 4 is 43.8 Å². The summed E-state index contributed by atoms with van der Waals surface area (Å²) in [6, 6.07) is 14.7. The van der Waals surface area contributed by atoms with Gasteiger partial charge in [0.2, 0.25) is 0 Å². The van der Waals surface area contributed by atoms with Crippen LogP contribution in [0.2, 0.25) is 0 Å². The van der Waals surface area contributed by atoms with Crippen LogP contribution in [0.3, 0.4) is 0 Å². The van der Waals surface area contributed by atoms with E-state index in [1.807, 2.05) is 6.92 Å². The highest BCUT2D eigenvalue weighted by Gasteiger charge is 2.26. The number of nitrogens with one attached hydrogen (secondary N) is 1. The van der Waals surface area contributed by atoms with Crippen LogP contribution in [-0.4, -0.2) is 27.1 Å². The Morgan fingerprint density at radius 2 is 1.81 bits per heavy atom. The van der Waals surface area contributed by atoms with Crippen LogP contribution >= 0.6 is 15.9 Å². The Morgan fingerprint density at radius 3 is 2.42 bits per heavy atom. The summed E-state index contributed by atoms with van der Waals surface area (Å²) >= 11 is 3.32. The van der Waals surface area contributed by atoms with E-state index in [2.05, 4.69) is 26.5 Å². The van der Waals surface area contributed by atoms with E-state index in [1.54, 1.807) is 54.6 Å².